The Morgan fingerprint density at radius 2 is 1.79 bits per heavy atom. The molecule has 1 heterocycles. The molecule has 0 bridgehead atoms. The summed E-state index contributed by atoms with van der Waals surface area (Å²) in [5.41, 5.74) is 2.72. The molecule has 1 amide bonds. The quantitative estimate of drug-likeness (QED) is 0.671. The van der Waals surface area contributed by atoms with Crippen LogP contribution in [0.1, 0.15) is 38.8 Å². The number of carbonyl (C=O) groups is 2. The summed E-state index contributed by atoms with van der Waals surface area (Å²) < 4.78 is 6.65. The molecule has 3 rings (SSSR count). The Balaban J connectivity index is 1.77. The Labute approximate surface area is 163 Å². The van der Waals surface area contributed by atoms with Gasteiger partial charge < -0.3 is 14.6 Å². The van der Waals surface area contributed by atoms with Gasteiger partial charge >= 0.3 is 5.97 Å². The first-order chi connectivity index (χ1) is 13.6. The van der Waals surface area contributed by atoms with Crippen molar-refractivity contribution in [2.45, 2.75) is 13.5 Å². The molecular formula is C22H19N3O3. The maximum Gasteiger partial charge on any atom is 0.338 e. The van der Waals surface area contributed by atoms with E-state index in [0.29, 0.717) is 24.3 Å². The molecule has 140 valence electrons. The van der Waals surface area contributed by atoms with Crippen molar-refractivity contribution < 1.29 is 14.3 Å². The van der Waals surface area contributed by atoms with Crippen LogP contribution in [0.4, 0.5) is 0 Å². The largest absolute Gasteiger partial charge is 0.462 e. The molecule has 0 spiro atoms. The third-order valence-electron chi connectivity index (χ3n) is 4.16. The second-order valence-corrected chi connectivity index (χ2v) is 6.04. The Kier molecular flexibility index (Phi) is 5.87. The van der Waals surface area contributed by atoms with Gasteiger partial charge in [0.25, 0.3) is 5.91 Å². The van der Waals surface area contributed by atoms with Crippen LogP contribution in [0.2, 0.25) is 0 Å². The summed E-state index contributed by atoms with van der Waals surface area (Å²) >= 11 is 0. The third-order valence-corrected chi connectivity index (χ3v) is 4.16. The summed E-state index contributed by atoms with van der Waals surface area (Å²) in [5.74, 6) is -0.706. The molecule has 6 heteroatoms. The highest BCUT2D eigenvalue weighted by Gasteiger charge is 2.15. The zero-order chi connectivity index (χ0) is 19.9. The van der Waals surface area contributed by atoms with E-state index in [0.717, 1.165) is 11.3 Å². The van der Waals surface area contributed by atoms with Crippen molar-refractivity contribution in [1.29, 1.82) is 5.26 Å². The molecular weight excluding hydrogens is 354 g/mol. The fraction of sp³-hybridized carbons (Fsp3) is 0.136. The summed E-state index contributed by atoms with van der Waals surface area (Å²) in [5, 5.41) is 12.2. The summed E-state index contributed by atoms with van der Waals surface area (Å²) in [6.07, 6.45) is 3.20. The molecule has 0 fully saturated rings. The van der Waals surface area contributed by atoms with Crippen LogP contribution in [-0.2, 0) is 11.3 Å². The van der Waals surface area contributed by atoms with Crippen molar-refractivity contribution in [2.75, 3.05) is 6.61 Å². The number of ether oxygens (including phenoxy) is 1. The lowest BCUT2D eigenvalue weighted by atomic mass is 10.2. The van der Waals surface area contributed by atoms with E-state index in [1.165, 1.54) is 0 Å². The smallest absolute Gasteiger partial charge is 0.338 e. The van der Waals surface area contributed by atoms with Crippen LogP contribution in [-0.4, -0.2) is 23.1 Å². The number of nitriles is 1. The van der Waals surface area contributed by atoms with Crippen LogP contribution in [0.5, 0.6) is 0 Å². The van der Waals surface area contributed by atoms with E-state index in [4.69, 9.17) is 4.74 Å². The van der Waals surface area contributed by atoms with E-state index >= 15 is 0 Å². The van der Waals surface area contributed by atoms with Crippen molar-refractivity contribution >= 4 is 11.9 Å². The standard InChI is InChI=1S/C22H19N3O3/c1-2-28-22(27)17-8-10-19(11-9-17)25-14-18(12-23)20(15-25)21(26)24-13-16-6-4-3-5-7-16/h3-11,14-15H,2,13H2,1H3,(H,24,26). The van der Waals surface area contributed by atoms with Gasteiger partial charge in [-0.25, -0.2) is 4.79 Å². The second kappa shape index (κ2) is 8.69. The van der Waals surface area contributed by atoms with Crippen LogP contribution in [0.15, 0.2) is 67.0 Å². The fourth-order valence-electron chi connectivity index (χ4n) is 2.73. The summed E-state index contributed by atoms with van der Waals surface area (Å²) in [7, 11) is 0. The first kappa shape index (κ1) is 18.9. The number of benzene rings is 2. The van der Waals surface area contributed by atoms with Gasteiger partial charge in [-0.15, -0.1) is 0 Å². The van der Waals surface area contributed by atoms with Gasteiger partial charge in [0.15, 0.2) is 0 Å². The Morgan fingerprint density at radius 3 is 2.43 bits per heavy atom. The number of hydrogen-bond donors (Lipinski definition) is 1. The zero-order valence-corrected chi connectivity index (χ0v) is 15.4. The van der Waals surface area contributed by atoms with Crippen LogP contribution in [0, 0.1) is 11.3 Å². The van der Waals surface area contributed by atoms with Gasteiger partial charge in [0.2, 0.25) is 0 Å². The molecule has 2 aromatic carbocycles. The lowest BCUT2D eigenvalue weighted by Crippen LogP contribution is -2.23. The minimum absolute atomic E-state index is 0.278. The van der Waals surface area contributed by atoms with E-state index in [1.807, 2.05) is 30.3 Å². The highest BCUT2D eigenvalue weighted by molar-refractivity contribution is 5.96. The maximum absolute atomic E-state index is 12.5. The van der Waals surface area contributed by atoms with Crippen molar-refractivity contribution in [2.24, 2.45) is 0 Å². The topological polar surface area (TPSA) is 84.1 Å². The number of hydrogen-bond acceptors (Lipinski definition) is 4. The van der Waals surface area contributed by atoms with Crippen LogP contribution < -0.4 is 5.32 Å². The number of nitrogens with zero attached hydrogens (tertiary/aromatic N) is 2. The molecule has 0 aliphatic carbocycles. The lowest BCUT2D eigenvalue weighted by molar-refractivity contribution is 0.0526. The molecule has 28 heavy (non-hydrogen) atoms. The molecule has 0 atom stereocenters. The van der Waals surface area contributed by atoms with Gasteiger partial charge in [0.1, 0.15) is 6.07 Å². The number of carbonyl (C=O) groups excluding carboxylic acids is 2. The van der Waals surface area contributed by atoms with Gasteiger partial charge in [-0.05, 0) is 36.8 Å². The Hall–Kier alpha value is -3.85. The minimum Gasteiger partial charge on any atom is -0.462 e. The van der Waals surface area contributed by atoms with E-state index in [1.54, 1.807) is 48.1 Å². The normalized spacial score (nSPS) is 10.1. The summed E-state index contributed by atoms with van der Waals surface area (Å²) in [6, 6.07) is 18.4. The SMILES string of the molecule is CCOC(=O)c1ccc(-n2cc(C#N)c(C(=O)NCc3ccccc3)c2)cc1. The van der Waals surface area contributed by atoms with Gasteiger partial charge in [0, 0.05) is 24.6 Å². The third kappa shape index (κ3) is 4.27. The number of rotatable bonds is 6. The van der Waals surface area contributed by atoms with E-state index in [-0.39, 0.29) is 17.4 Å². The molecule has 0 aliphatic rings. The van der Waals surface area contributed by atoms with Crippen molar-refractivity contribution in [3.05, 3.63) is 89.2 Å². The number of amides is 1. The van der Waals surface area contributed by atoms with Gasteiger partial charge in [0.05, 0.1) is 23.3 Å². The lowest BCUT2D eigenvalue weighted by Gasteiger charge is -2.05. The van der Waals surface area contributed by atoms with Crippen molar-refractivity contribution in [1.82, 2.24) is 9.88 Å². The molecule has 0 unspecified atom stereocenters. The fourth-order valence-corrected chi connectivity index (χ4v) is 2.73. The molecule has 0 radical (unpaired) electrons. The molecule has 1 aromatic heterocycles. The minimum atomic E-state index is -0.389. The number of nitrogens with one attached hydrogen (secondary N) is 1. The first-order valence-corrected chi connectivity index (χ1v) is 8.84. The predicted molar refractivity (Wildman–Crippen MR) is 104 cm³/mol. The van der Waals surface area contributed by atoms with Crippen molar-refractivity contribution in [3.8, 4) is 11.8 Å². The van der Waals surface area contributed by atoms with Crippen LogP contribution in [0.25, 0.3) is 5.69 Å². The van der Waals surface area contributed by atoms with Gasteiger partial charge in [-0.2, -0.15) is 5.26 Å². The average molecular weight is 373 g/mol. The highest BCUT2D eigenvalue weighted by Crippen LogP contribution is 2.17. The van der Waals surface area contributed by atoms with E-state index in [9.17, 15) is 14.9 Å². The molecule has 3 aromatic rings. The molecule has 0 saturated carbocycles. The highest BCUT2D eigenvalue weighted by atomic mass is 16.5. The molecule has 1 N–H and O–H groups in total. The summed E-state index contributed by atoms with van der Waals surface area (Å²) in [4.78, 5) is 24.3. The average Bonchev–Trinajstić information content (AvgIpc) is 3.18. The Bertz CT molecular complexity index is 1020. The molecule has 0 aliphatic heterocycles. The maximum atomic E-state index is 12.5. The Morgan fingerprint density at radius 1 is 1.07 bits per heavy atom. The number of aromatic nitrogens is 1. The molecule has 0 saturated heterocycles. The monoisotopic (exact) mass is 373 g/mol. The second-order valence-electron chi connectivity index (χ2n) is 6.04. The van der Waals surface area contributed by atoms with Crippen LogP contribution in [0.3, 0.4) is 0 Å². The van der Waals surface area contributed by atoms with Gasteiger partial charge in [-0.3, -0.25) is 4.79 Å². The summed E-state index contributed by atoms with van der Waals surface area (Å²) in [6.45, 7) is 2.44. The first-order valence-electron chi connectivity index (χ1n) is 8.84. The predicted octanol–water partition coefficient (Wildman–Crippen LogP) is 3.46. The van der Waals surface area contributed by atoms with Crippen molar-refractivity contribution in [3.63, 3.8) is 0 Å². The van der Waals surface area contributed by atoms with E-state index in [2.05, 4.69) is 11.4 Å². The number of esters is 1. The van der Waals surface area contributed by atoms with Crippen LogP contribution >= 0.6 is 0 Å². The molecule has 6 nitrogen and oxygen atoms in total. The van der Waals surface area contributed by atoms with E-state index < -0.39 is 0 Å². The van der Waals surface area contributed by atoms with Gasteiger partial charge in [-0.1, -0.05) is 30.3 Å². The zero-order valence-electron chi connectivity index (χ0n) is 15.4.